The van der Waals surface area contributed by atoms with Gasteiger partial charge in [0.15, 0.2) is 0 Å². The Balaban J connectivity index is 1.82. The van der Waals surface area contributed by atoms with Crippen LogP contribution in [0.25, 0.3) is 0 Å². The average molecular weight is 288 g/mol. The molecule has 0 radical (unpaired) electrons. The molecule has 0 aliphatic heterocycles. The number of benzene rings is 1. The van der Waals surface area contributed by atoms with Gasteiger partial charge in [-0.15, -0.1) is 10.2 Å². The van der Waals surface area contributed by atoms with E-state index in [1.165, 1.54) is 35.3 Å². The third-order valence-electron chi connectivity index (χ3n) is 3.48. The maximum absolute atomic E-state index is 12.2. The lowest BCUT2D eigenvalue weighted by atomic mass is 9.90. The number of carbonyl (C=O) groups excluding carboxylic acids is 1. The summed E-state index contributed by atoms with van der Waals surface area (Å²) in [6, 6.07) is 6.11. The maximum Gasteiger partial charge on any atom is 0.286 e. The predicted octanol–water partition coefficient (Wildman–Crippen LogP) is 2.71. The Labute approximate surface area is 121 Å². The molecule has 1 heterocycles. The van der Waals surface area contributed by atoms with Gasteiger partial charge in [-0.25, -0.2) is 0 Å². The van der Waals surface area contributed by atoms with E-state index < -0.39 is 0 Å². The molecule has 1 aliphatic rings. The van der Waals surface area contributed by atoms with Crippen molar-refractivity contribution < 1.29 is 4.79 Å². The number of anilines is 2. The number of rotatable bonds is 3. The Morgan fingerprint density at radius 2 is 2.10 bits per heavy atom. The standard InChI is InChI=1S/C14H16N4OS/c1-15-14-18-17-13(20-14)12(19)16-11-8-4-6-9-5-2-3-7-10(9)11/h4,6,8H,2-3,5,7H2,1H3,(H,15,18)(H,16,19). The van der Waals surface area contributed by atoms with Crippen molar-refractivity contribution in [2.24, 2.45) is 0 Å². The zero-order valence-corrected chi connectivity index (χ0v) is 12.1. The summed E-state index contributed by atoms with van der Waals surface area (Å²) in [7, 11) is 1.76. The van der Waals surface area contributed by atoms with E-state index in [1.807, 2.05) is 12.1 Å². The van der Waals surface area contributed by atoms with Gasteiger partial charge < -0.3 is 10.6 Å². The van der Waals surface area contributed by atoms with Crippen LogP contribution in [-0.4, -0.2) is 23.2 Å². The second kappa shape index (κ2) is 5.58. The first kappa shape index (κ1) is 13.1. The van der Waals surface area contributed by atoms with Gasteiger partial charge in [0.25, 0.3) is 5.91 Å². The summed E-state index contributed by atoms with van der Waals surface area (Å²) in [6.07, 6.45) is 4.54. The molecule has 1 amide bonds. The Hall–Kier alpha value is -1.95. The molecule has 1 aliphatic carbocycles. The maximum atomic E-state index is 12.2. The van der Waals surface area contributed by atoms with Crippen LogP contribution in [0.3, 0.4) is 0 Å². The molecule has 2 aromatic rings. The zero-order valence-electron chi connectivity index (χ0n) is 11.3. The molecule has 1 aromatic carbocycles. The van der Waals surface area contributed by atoms with Crippen molar-refractivity contribution in [1.29, 1.82) is 0 Å². The molecule has 3 rings (SSSR count). The molecule has 0 spiro atoms. The molecule has 104 valence electrons. The van der Waals surface area contributed by atoms with Crippen LogP contribution in [-0.2, 0) is 12.8 Å². The van der Waals surface area contributed by atoms with Crippen molar-refractivity contribution in [3.63, 3.8) is 0 Å². The molecule has 2 N–H and O–H groups in total. The molecule has 0 bridgehead atoms. The number of nitrogens with zero attached hydrogens (tertiary/aromatic N) is 2. The molecular weight excluding hydrogens is 272 g/mol. The molecule has 0 saturated carbocycles. The number of hydrogen-bond donors (Lipinski definition) is 2. The number of hydrogen-bond acceptors (Lipinski definition) is 5. The molecule has 0 atom stereocenters. The SMILES string of the molecule is CNc1nnc(C(=O)Nc2cccc3c2CCCC3)s1. The van der Waals surface area contributed by atoms with Crippen LogP contribution < -0.4 is 10.6 Å². The minimum Gasteiger partial charge on any atom is -0.363 e. The van der Waals surface area contributed by atoms with Gasteiger partial charge in [-0.1, -0.05) is 23.5 Å². The van der Waals surface area contributed by atoms with Crippen molar-refractivity contribution in [3.8, 4) is 0 Å². The normalized spacial score (nSPS) is 13.7. The minimum atomic E-state index is -0.192. The number of carbonyl (C=O) groups is 1. The first-order chi connectivity index (χ1) is 9.78. The summed E-state index contributed by atoms with van der Waals surface area (Å²) in [5, 5.41) is 14.6. The van der Waals surface area contributed by atoms with E-state index in [2.05, 4.69) is 26.9 Å². The van der Waals surface area contributed by atoms with Gasteiger partial charge in [0.1, 0.15) is 0 Å². The van der Waals surface area contributed by atoms with E-state index in [9.17, 15) is 4.79 Å². The molecule has 6 heteroatoms. The van der Waals surface area contributed by atoms with Gasteiger partial charge in [0.05, 0.1) is 0 Å². The molecule has 5 nitrogen and oxygen atoms in total. The van der Waals surface area contributed by atoms with Crippen LogP contribution >= 0.6 is 11.3 Å². The molecule has 0 unspecified atom stereocenters. The average Bonchev–Trinajstić information content (AvgIpc) is 2.97. The predicted molar refractivity (Wildman–Crippen MR) is 80.5 cm³/mol. The van der Waals surface area contributed by atoms with Crippen molar-refractivity contribution in [1.82, 2.24) is 10.2 Å². The highest BCUT2D eigenvalue weighted by Crippen LogP contribution is 2.28. The van der Waals surface area contributed by atoms with E-state index in [1.54, 1.807) is 7.05 Å². The number of aryl methyl sites for hydroxylation is 1. The molecule has 20 heavy (non-hydrogen) atoms. The summed E-state index contributed by atoms with van der Waals surface area (Å²) in [5.41, 5.74) is 3.53. The third-order valence-corrected chi connectivity index (χ3v) is 4.42. The molecule has 1 aromatic heterocycles. The summed E-state index contributed by atoms with van der Waals surface area (Å²) >= 11 is 1.25. The van der Waals surface area contributed by atoms with Crippen LogP contribution in [0.5, 0.6) is 0 Å². The zero-order chi connectivity index (χ0) is 13.9. The van der Waals surface area contributed by atoms with E-state index in [0.717, 1.165) is 18.5 Å². The number of amides is 1. The van der Waals surface area contributed by atoms with Gasteiger partial charge in [-0.3, -0.25) is 4.79 Å². The highest BCUT2D eigenvalue weighted by molar-refractivity contribution is 7.17. The van der Waals surface area contributed by atoms with E-state index in [0.29, 0.717) is 10.1 Å². The van der Waals surface area contributed by atoms with Crippen LogP contribution in [0.15, 0.2) is 18.2 Å². The summed E-state index contributed by atoms with van der Waals surface area (Å²) < 4.78 is 0. The second-order valence-corrected chi connectivity index (χ2v) is 5.74. The van der Waals surface area contributed by atoms with Gasteiger partial charge in [-0.2, -0.15) is 0 Å². The number of aromatic nitrogens is 2. The fraction of sp³-hybridized carbons (Fsp3) is 0.357. The lowest BCUT2D eigenvalue weighted by Gasteiger charge is -2.19. The van der Waals surface area contributed by atoms with Crippen LogP contribution in [0.4, 0.5) is 10.8 Å². The fourth-order valence-electron chi connectivity index (χ4n) is 2.49. The van der Waals surface area contributed by atoms with Crippen molar-refractivity contribution in [3.05, 3.63) is 34.3 Å². The third kappa shape index (κ3) is 2.51. The molecule has 0 fully saturated rings. The molecular formula is C14H16N4OS. The largest absolute Gasteiger partial charge is 0.363 e. The Bertz CT molecular complexity index is 638. The second-order valence-electron chi connectivity index (χ2n) is 4.77. The van der Waals surface area contributed by atoms with Crippen LogP contribution in [0.2, 0.25) is 0 Å². The highest BCUT2D eigenvalue weighted by atomic mass is 32.1. The van der Waals surface area contributed by atoms with Crippen LogP contribution in [0, 0.1) is 0 Å². The Morgan fingerprint density at radius 3 is 2.90 bits per heavy atom. The van der Waals surface area contributed by atoms with E-state index in [4.69, 9.17) is 0 Å². The minimum absolute atomic E-state index is 0.192. The number of fused-ring (bicyclic) bond motifs is 1. The summed E-state index contributed by atoms with van der Waals surface area (Å²) in [4.78, 5) is 12.2. The topological polar surface area (TPSA) is 66.9 Å². The van der Waals surface area contributed by atoms with Gasteiger partial charge in [0, 0.05) is 12.7 Å². The number of nitrogens with one attached hydrogen (secondary N) is 2. The molecule has 0 saturated heterocycles. The smallest absolute Gasteiger partial charge is 0.286 e. The lowest BCUT2D eigenvalue weighted by molar-refractivity contribution is 0.102. The van der Waals surface area contributed by atoms with Crippen molar-refractivity contribution in [2.75, 3.05) is 17.7 Å². The van der Waals surface area contributed by atoms with Crippen molar-refractivity contribution >= 4 is 28.1 Å². The monoisotopic (exact) mass is 288 g/mol. The fourth-order valence-corrected chi connectivity index (χ4v) is 3.08. The van der Waals surface area contributed by atoms with Crippen LogP contribution in [0.1, 0.15) is 33.8 Å². The summed E-state index contributed by atoms with van der Waals surface area (Å²) in [6.45, 7) is 0. The van der Waals surface area contributed by atoms with E-state index >= 15 is 0 Å². The highest BCUT2D eigenvalue weighted by Gasteiger charge is 2.17. The first-order valence-corrected chi connectivity index (χ1v) is 7.53. The van der Waals surface area contributed by atoms with Gasteiger partial charge in [0.2, 0.25) is 10.1 Å². The first-order valence-electron chi connectivity index (χ1n) is 6.71. The van der Waals surface area contributed by atoms with Gasteiger partial charge in [-0.05, 0) is 42.9 Å². The van der Waals surface area contributed by atoms with E-state index in [-0.39, 0.29) is 5.91 Å². The Morgan fingerprint density at radius 1 is 1.25 bits per heavy atom. The Kier molecular flexibility index (Phi) is 3.64. The quantitative estimate of drug-likeness (QED) is 0.911. The summed E-state index contributed by atoms with van der Waals surface area (Å²) in [5.74, 6) is -0.192. The van der Waals surface area contributed by atoms with Crippen molar-refractivity contribution in [2.45, 2.75) is 25.7 Å². The van der Waals surface area contributed by atoms with Gasteiger partial charge >= 0.3 is 0 Å². The lowest BCUT2D eigenvalue weighted by Crippen LogP contribution is -2.15.